The number of halogens is 2. The molecule has 1 amide bonds. The highest BCUT2D eigenvalue weighted by atomic mass is 32.2. The monoisotopic (exact) mass is 502 g/mol. The molecule has 0 aromatic heterocycles. The van der Waals surface area contributed by atoms with Gasteiger partial charge in [0, 0.05) is 5.69 Å². The minimum atomic E-state index is -4.34. The second kappa shape index (κ2) is 10.2. The zero-order valence-electron chi connectivity index (χ0n) is 19.3. The van der Waals surface area contributed by atoms with Crippen molar-refractivity contribution in [1.82, 2.24) is 0 Å². The van der Waals surface area contributed by atoms with Crippen LogP contribution in [0, 0.1) is 11.6 Å². The lowest BCUT2D eigenvalue weighted by molar-refractivity contribution is -0.119. The normalized spacial score (nSPS) is 11.6. The minimum absolute atomic E-state index is 0.0438. The summed E-state index contributed by atoms with van der Waals surface area (Å²) in [5.41, 5.74) is 1.25. The fourth-order valence-corrected chi connectivity index (χ4v) is 4.15. The highest BCUT2D eigenvalue weighted by Gasteiger charge is 2.21. The van der Waals surface area contributed by atoms with Crippen LogP contribution in [-0.2, 0) is 25.0 Å². The molecule has 10 heteroatoms. The van der Waals surface area contributed by atoms with Crippen LogP contribution in [-0.4, -0.2) is 26.9 Å². The van der Waals surface area contributed by atoms with Crippen molar-refractivity contribution in [3.8, 4) is 0 Å². The van der Waals surface area contributed by atoms with Crippen molar-refractivity contribution in [1.29, 1.82) is 0 Å². The molecule has 3 aromatic rings. The number of amides is 1. The van der Waals surface area contributed by atoms with Gasteiger partial charge >= 0.3 is 5.97 Å². The van der Waals surface area contributed by atoms with E-state index in [1.54, 1.807) is 12.1 Å². The topological polar surface area (TPSA) is 102 Å². The number of hydrogen-bond acceptors (Lipinski definition) is 5. The summed E-state index contributed by atoms with van der Waals surface area (Å²) in [4.78, 5) is 24.2. The largest absolute Gasteiger partial charge is 0.452 e. The third-order valence-electron chi connectivity index (χ3n) is 4.96. The van der Waals surface area contributed by atoms with Crippen molar-refractivity contribution in [2.45, 2.75) is 31.1 Å². The van der Waals surface area contributed by atoms with E-state index in [0.29, 0.717) is 17.8 Å². The molecule has 0 aliphatic carbocycles. The van der Waals surface area contributed by atoms with Crippen molar-refractivity contribution in [3.05, 3.63) is 89.5 Å². The molecule has 0 radical (unpaired) electrons. The predicted molar refractivity (Wildman–Crippen MR) is 128 cm³/mol. The number of rotatable bonds is 7. The molecule has 0 saturated heterocycles. The van der Waals surface area contributed by atoms with E-state index < -0.39 is 45.0 Å². The Hall–Kier alpha value is -3.79. The molecule has 3 rings (SSSR count). The van der Waals surface area contributed by atoms with Crippen LogP contribution < -0.4 is 10.0 Å². The van der Waals surface area contributed by atoms with Gasteiger partial charge in [0.2, 0.25) is 0 Å². The van der Waals surface area contributed by atoms with Gasteiger partial charge in [0.05, 0.1) is 16.1 Å². The first-order chi connectivity index (χ1) is 16.4. The van der Waals surface area contributed by atoms with Gasteiger partial charge in [0.15, 0.2) is 18.2 Å². The summed E-state index contributed by atoms with van der Waals surface area (Å²) >= 11 is 0. The van der Waals surface area contributed by atoms with Crippen LogP contribution in [0.15, 0.2) is 71.6 Å². The third-order valence-corrected chi connectivity index (χ3v) is 6.32. The van der Waals surface area contributed by atoms with Gasteiger partial charge in [-0.05, 0) is 53.4 Å². The van der Waals surface area contributed by atoms with Gasteiger partial charge in [0.25, 0.3) is 15.9 Å². The van der Waals surface area contributed by atoms with Gasteiger partial charge < -0.3 is 10.1 Å². The molecule has 0 unspecified atom stereocenters. The fourth-order valence-electron chi connectivity index (χ4n) is 3.06. The lowest BCUT2D eigenvalue weighted by Gasteiger charge is -2.19. The SMILES string of the molecule is CC(C)(C)c1ccc(NC(=O)COC(=O)c2ccccc2NS(=O)(=O)c2ccc(F)c(F)c2)cc1. The van der Waals surface area contributed by atoms with Gasteiger partial charge in [0.1, 0.15) is 0 Å². The molecule has 184 valence electrons. The van der Waals surface area contributed by atoms with Crippen molar-refractivity contribution in [2.75, 3.05) is 16.6 Å². The van der Waals surface area contributed by atoms with Crippen LogP contribution in [0.1, 0.15) is 36.7 Å². The van der Waals surface area contributed by atoms with Gasteiger partial charge in [-0.2, -0.15) is 0 Å². The molecular weight excluding hydrogens is 478 g/mol. The summed E-state index contributed by atoms with van der Waals surface area (Å²) in [6.07, 6.45) is 0. The zero-order chi connectivity index (χ0) is 25.8. The predicted octanol–water partition coefficient (Wildman–Crippen LogP) is 4.86. The first-order valence-corrected chi connectivity index (χ1v) is 12.0. The van der Waals surface area contributed by atoms with Crippen molar-refractivity contribution < 1.29 is 31.5 Å². The van der Waals surface area contributed by atoms with Crippen LogP contribution in [0.5, 0.6) is 0 Å². The number of ether oxygens (including phenoxy) is 1. The lowest BCUT2D eigenvalue weighted by atomic mass is 9.87. The number of carbonyl (C=O) groups is 2. The van der Waals surface area contributed by atoms with Crippen LogP contribution in [0.4, 0.5) is 20.2 Å². The molecular formula is C25H24F2N2O5S. The van der Waals surface area contributed by atoms with E-state index in [9.17, 15) is 26.8 Å². The molecule has 2 N–H and O–H groups in total. The van der Waals surface area contributed by atoms with Crippen LogP contribution in [0.25, 0.3) is 0 Å². The number of esters is 1. The number of para-hydroxylation sites is 1. The first-order valence-electron chi connectivity index (χ1n) is 10.5. The van der Waals surface area contributed by atoms with Crippen LogP contribution in [0.2, 0.25) is 0 Å². The number of nitrogens with one attached hydrogen (secondary N) is 2. The van der Waals surface area contributed by atoms with Gasteiger partial charge in [-0.3, -0.25) is 9.52 Å². The number of anilines is 2. The Labute approximate surface area is 202 Å². The van der Waals surface area contributed by atoms with E-state index in [-0.39, 0.29) is 16.7 Å². The lowest BCUT2D eigenvalue weighted by Crippen LogP contribution is -2.22. The molecule has 0 fully saturated rings. The molecule has 0 spiro atoms. The van der Waals surface area contributed by atoms with Crippen molar-refractivity contribution in [3.63, 3.8) is 0 Å². The van der Waals surface area contributed by atoms with Crippen molar-refractivity contribution >= 4 is 33.3 Å². The summed E-state index contributed by atoms with van der Waals surface area (Å²) in [7, 11) is -4.34. The highest BCUT2D eigenvalue weighted by Crippen LogP contribution is 2.24. The van der Waals surface area contributed by atoms with E-state index in [0.717, 1.165) is 11.6 Å². The maximum atomic E-state index is 13.5. The molecule has 0 heterocycles. The van der Waals surface area contributed by atoms with E-state index in [1.165, 1.54) is 24.3 Å². The third kappa shape index (κ3) is 6.63. The Morgan fingerprint density at radius 2 is 1.57 bits per heavy atom. The van der Waals surface area contributed by atoms with Gasteiger partial charge in [-0.25, -0.2) is 22.0 Å². The molecule has 0 bridgehead atoms. The second-order valence-corrected chi connectivity index (χ2v) is 10.4. The average Bonchev–Trinajstić information content (AvgIpc) is 2.79. The molecule has 0 aliphatic heterocycles. The Kier molecular flexibility index (Phi) is 7.54. The van der Waals surface area contributed by atoms with E-state index in [2.05, 4.69) is 30.8 Å². The van der Waals surface area contributed by atoms with E-state index >= 15 is 0 Å². The molecule has 0 atom stereocenters. The Morgan fingerprint density at radius 1 is 0.914 bits per heavy atom. The summed E-state index contributed by atoms with van der Waals surface area (Å²) in [6.45, 7) is 5.59. The summed E-state index contributed by atoms with van der Waals surface area (Å²) in [5, 5.41) is 2.62. The van der Waals surface area contributed by atoms with Crippen LogP contribution in [0.3, 0.4) is 0 Å². The fraction of sp³-hybridized carbons (Fsp3) is 0.200. The average molecular weight is 503 g/mol. The van der Waals surface area contributed by atoms with E-state index in [1.807, 2.05) is 12.1 Å². The Morgan fingerprint density at radius 3 is 2.20 bits per heavy atom. The molecule has 7 nitrogen and oxygen atoms in total. The maximum absolute atomic E-state index is 13.5. The Bertz CT molecular complexity index is 1350. The Balaban J connectivity index is 1.66. The quantitative estimate of drug-likeness (QED) is 0.450. The summed E-state index contributed by atoms with van der Waals surface area (Å²) < 4.78 is 59.0. The first kappa shape index (κ1) is 25.8. The van der Waals surface area contributed by atoms with Gasteiger partial charge in [-0.15, -0.1) is 0 Å². The number of benzene rings is 3. The minimum Gasteiger partial charge on any atom is -0.452 e. The van der Waals surface area contributed by atoms with Gasteiger partial charge in [-0.1, -0.05) is 45.0 Å². The molecule has 3 aromatic carbocycles. The number of hydrogen-bond donors (Lipinski definition) is 2. The maximum Gasteiger partial charge on any atom is 0.340 e. The molecule has 0 aliphatic rings. The second-order valence-electron chi connectivity index (χ2n) is 8.68. The number of carbonyl (C=O) groups excluding carboxylic acids is 2. The summed E-state index contributed by atoms with van der Waals surface area (Å²) in [6, 6.07) is 14.9. The molecule has 0 saturated carbocycles. The highest BCUT2D eigenvalue weighted by molar-refractivity contribution is 7.92. The zero-order valence-corrected chi connectivity index (χ0v) is 20.1. The van der Waals surface area contributed by atoms with Crippen LogP contribution >= 0.6 is 0 Å². The smallest absolute Gasteiger partial charge is 0.340 e. The number of sulfonamides is 1. The van der Waals surface area contributed by atoms with E-state index in [4.69, 9.17) is 4.74 Å². The standard InChI is InChI=1S/C25H24F2N2O5S/c1-25(2,3)16-8-10-17(11-9-16)28-23(30)15-34-24(31)19-6-4-5-7-22(19)29-35(32,33)18-12-13-20(26)21(27)14-18/h4-14,29H,15H2,1-3H3,(H,28,30). The van der Waals surface area contributed by atoms with Crippen molar-refractivity contribution in [2.24, 2.45) is 0 Å². The molecule has 35 heavy (non-hydrogen) atoms. The summed E-state index contributed by atoms with van der Waals surface area (Å²) in [5.74, 6) is -4.07.